The van der Waals surface area contributed by atoms with Crippen LogP contribution in [0.1, 0.15) is 12.5 Å². The maximum atomic E-state index is 5.73. The van der Waals surface area contributed by atoms with Crippen molar-refractivity contribution in [2.75, 3.05) is 23.9 Å². The number of hydrogen-bond donors (Lipinski definition) is 1. The van der Waals surface area contributed by atoms with Crippen LogP contribution in [0.3, 0.4) is 0 Å². The number of nitrogens with one attached hydrogen (secondary N) is 1. The highest BCUT2D eigenvalue weighted by Crippen LogP contribution is 2.13. The number of nitrogens with zero attached hydrogens (tertiary/aromatic N) is 2. The van der Waals surface area contributed by atoms with Crippen LogP contribution >= 0.6 is 23.4 Å². The molecule has 0 spiro atoms. The summed E-state index contributed by atoms with van der Waals surface area (Å²) >= 11 is 7.58. The Kier molecular flexibility index (Phi) is 5.19. The Bertz CT molecular complexity index is 320. The SMILES string of the molecule is CSCC(C)CNc1nc(Cl)ncc1C. The molecule has 0 radical (unpaired) electrons. The lowest BCUT2D eigenvalue weighted by Crippen LogP contribution is -2.15. The quantitative estimate of drug-likeness (QED) is 0.810. The van der Waals surface area contributed by atoms with Crippen molar-refractivity contribution in [3.8, 4) is 0 Å². The van der Waals surface area contributed by atoms with Gasteiger partial charge in [-0.25, -0.2) is 9.97 Å². The first-order valence-corrected chi connectivity index (χ1v) is 6.62. The third kappa shape index (κ3) is 4.26. The lowest BCUT2D eigenvalue weighted by atomic mass is 10.2. The van der Waals surface area contributed by atoms with Crippen LogP contribution < -0.4 is 5.32 Å². The van der Waals surface area contributed by atoms with Crippen LogP contribution in [0.25, 0.3) is 0 Å². The Morgan fingerprint density at radius 1 is 1.60 bits per heavy atom. The van der Waals surface area contributed by atoms with E-state index in [4.69, 9.17) is 11.6 Å². The summed E-state index contributed by atoms with van der Waals surface area (Å²) in [5.41, 5.74) is 1.02. The zero-order valence-corrected chi connectivity index (χ0v) is 10.8. The average molecular weight is 246 g/mol. The van der Waals surface area contributed by atoms with E-state index >= 15 is 0 Å². The number of halogens is 1. The number of thioether (sulfide) groups is 1. The molecule has 0 aliphatic carbocycles. The molecule has 0 saturated heterocycles. The van der Waals surface area contributed by atoms with Crippen LogP contribution in [-0.4, -0.2) is 28.5 Å². The van der Waals surface area contributed by atoms with Gasteiger partial charge in [-0.05, 0) is 36.5 Å². The largest absolute Gasteiger partial charge is 0.369 e. The fourth-order valence-electron chi connectivity index (χ4n) is 1.21. The predicted octanol–water partition coefficient (Wildman–Crippen LogP) is 2.85. The van der Waals surface area contributed by atoms with Crippen LogP contribution in [0.15, 0.2) is 6.20 Å². The predicted molar refractivity (Wildman–Crippen MR) is 67.8 cm³/mol. The highest BCUT2D eigenvalue weighted by atomic mass is 35.5. The van der Waals surface area contributed by atoms with Gasteiger partial charge in [0.25, 0.3) is 0 Å². The van der Waals surface area contributed by atoms with Gasteiger partial charge in [-0.2, -0.15) is 11.8 Å². The smallest absolute Gasteiger partial charge is 0.224 e. The number of anilines is 1. The van der Waals surface area contributed by atoms with Gasteiger partial charge in [0.1, 0.15) is 5.82 Å². The second kappa shape index (κ2) is 6.18. The molecule has 84 valence electrons. The summed E-state index contributed by atoms with van der Waals surface area (Å²) < 4.78 is 0. The van der Waals surface area contributed by atoms with E-state index in [1.54, 1.807) is 6.20 Å². The van der Waals surface area contributed by atoms with Gasteiger partial charge in [-0.15, -0.1) is 0 Å². The summed E-state index contributed by atoms with van der Waals surface area (Å²) in [5.74, 6) is 2.60. The third-order valence-corrected chi connectivity index (χ3v) is 3.10. The van der Waals surface area contributed by atoms with Crippen molar-refractivity contribution in [2.45, 2.75) is 13.8 Å². The molecular weight excluding hydrogens is 230 g/mol. The van der Waals surface area contributed by atoms with Crippen molar-refractivity contribution in [2.24, 2.45) is 5.92 Å². The average Bonchev–Trinajstić information content (AvgIpc) is 2.20. The first-order chi connectivity index (χ1) is 7.13. The molecule has 0 aliphatic heterocycles. The normalized spacial score (nSPS) is 12.5. The lowest BCUT2D eigenvalue weighted by molar-refractivity contribution is 0.699. The molecular formula is C10H16ClN3S. The molecule has 0 fully saturated rings. The first-order valence-electron chi connectivity index (χ1n) is 4.85. The molecule has 15 heavy (non-hydrogen) atoms. The van der Waals surface area contributed by atoms with Gasteiger partial charge in [-0.3, -0.25) is 0 Å². The van der Waals surface area contributed by atoms with Crippen molar-refractivity contribution in [1.82, 2.24) is 9.97 Å². The Hall–Kier alpha value is -0.480. The number of rotatable bonds is 5. The molecule has 1 aromatic heterocycles. The van der Waals surface area contributed by atoms with Crippen molar-refractivity contribution >= 4 is 29.2 Å². The maximum absolute atomic E-state index is 5.73. The molecule has 0 bridgehead atoms. The molecule has 5 heteroatoms. The van der Waals surface area contributed by atoms with Crippen molar-refractivity contribution in [1.29, 1.82) is 0 Å². The first kappa shape index (κ1) is 12.6. The Morgan fingerprint density at radius 2 is 2.33 bits per heavy atom. The summed E-state index contributed by atoms with van der Waals surface area (Å²) in [6.45, 7) is 5.09. The van der Waals surface area contributed by atoms with E-state index in [0.717, 1.165) is 23.7 Å². The van der Waals surface area contributed by atoms with Crippen LogP contribution in [0.5, 0.6) is 0 Å². The van der Waals surface area contributed by atoms with Crippen LogP contribution in [0.4, 0.5) is 5.82 Å². The van der Waals surface area contributed by atoms with Gasteiger partial charge < -0.3 is 5.32 Å². The molecule has 1 rings (SSSR count). The van der Waals surface area contributed by atoms with E-state index in [9.17, 15) is 0 Å². The molecule has 0 aliphatic rings. The third-order valence-electron chi connectivity index (χ3n) is 2.01. The van der Waals surface area contributed by atoms with E-state index in [1.165, 1.54) is 0 Å². The lowest BCUT2D eigenvalue weighted by Gasteiger charge is -2.12. The summed E-state index contributed by atoms with van der Waals surface area (Å²) in [7, 11) is 0. The van der Waals surface area contributed by atoms with E-state index in [0.29, 0.717) is 11.2 Å². The summed E-state index contributed by atoms with van der Waals surface area (Å²) in [6, 6.07) is 0. The van der Waals surface area contributed by atoms with E-state index in [1.807, 2.05) is 18.7 Å². The van der Waals surface area contributed by atoms with Gasteiger partial charge in [0.15, 0.2) is 0 Å². The van der Waals surface area contributed by atoms with Gasteiger partial charge in [-0.1, -0.05) is 6.92 Å². The second-order valence-corrected chi connectivity index (χ2v) is 4.86. The number of aromatic nitrogens is 2. The van der Waals surface area contributed by atoms with E-state index in [-0.39, 0.29) is 0 Å². The molecule has 1 unspecified atom stereocenters. The molecule has 1 aromatic rings. The molecule has 0 amide bonds. The van der Waals surface area contributed by atoms with Gasteiger partial charge in [0.2, 0.25) is 5.28 Å². The minimum absolute atomic E-state index is 0.292. The zero-order valence-electron chi connectivity index (χ0n) is 9.25. The molecule has 1 N–H and O–H groups in total. The van der Waals surface area contributed by atoms with Crippen LogP contribution in [-0.2, 0) is 0 Å². The summed E-state index contributed by atoms with van der Waals surface area (Å²) in [6.07, 6.45) is 3.85. The van der Waals surface area contributed by atoms with E-state index < -0.39 is 0 Å². The van der Waals surface area contributed by atoms with Gasteiger partial charge >= 0.3 is 0 Å². The van der Waals surface area contributed by atoms with Gasteiger partial charge in [0, 0.05) is 18.3 Å². The Morgan fingerprint density at radius 3 is 3.00 bits per heavy atom. The van der Waals surface area contributed by atoms with Crippen molar-refractivity contribution in [3.63, 3.8) is 0 Å². The highest BCUT2D eigenvalue weighted by molar-refractivity contribution is 7.98. The van der Waals surface area contributed by atoms with E-state index in [2.05, 4.69) is 28.5 Å². The minimum atomic E-state index is 0.292. The standard InChI is InChI=1S/C10H16ClN3S/c1-7(6-15-3)4-12-9-8(2)5-13-10(11)14-9/h5,7H,4,6H2,1-3H3,(H,12,13,14). The van der Waals surface area contributed by atoms with Crippen LogP contribution in [0, 0.1) is 12.8 Å². The summed E-state index contributed by atoms with van der Waals surface area (Å²) in [5, 5.41) is 3.58. The van der Waals surface area contributed by atoms with Crippen molar-refractivity contribution < 1.29 is 0 Å². The Balaban J connectivity index is 2.53. The molecule has 0 aromatic carbocycles. The van der Waals surface area contributed by atoms with Gasteiger partial charge in [0.05, 0.1) is 0 Å². The fourth-order valence-corrected chi connectivity index (χ4v) is 2.03. The maximum Gasteiger partial charge on any atom is 0.224 e. The number of hydrogen-bond acceptors (Lipinski definition) is 4. The highest BCUT2D eigenvalue weighted by Gasteiger charge is 2.04. The molecule has 0 saturated carbocycles. The molecule has 1 heterocycles. The molecule has 1 atom stereocenters. The topological polar surface area (TPSA) is 37.8 Å². The molecule has 3 nitrogen and oxygen atoms in total. The monoisotopic (exact) mass is 245 g/mol. The Labute approximate surface area is 100 Å². The fraction of sp³-hybridized carbons (Fsp3) is 0.600. The second-order valence-electron chi connectivity index (χ2n) is 3.61. The van der Waals surface area contributed by atoms with Crippen molar-refractivity contribution in [3.05, 3.63) is 17.0 Å². The summed E-state index contributed by atoms with van der Waals surface area (Å²) in [4.78, 5) is 8.05. The van der Waals surface area contributed by atoms with Crippen LogP contribution in [0.2, 0.25) is 5.28 Å². The zero-order chi connectivity index (χ0) is 11.3. The minimum Gasteiger partial charge on any atom is -0.369 e. The number of aryl methyl sites for hydroxylation is 1.